The Morgan fingerprint density at radius 2 is 1.83 bits per heavy atom. The van der Waals surface area contributed by atoms with Crippen LogP contribution in [0.1, 0.15) is 12.0 Å². The van der Waals surface area contributed by atoms with Gasteiger partial charge in [0.1, 0.15) is 23.3 Å². The van der Waals surface area contributed by atoms with Gasteiger partial charge in [0.25, 0.3) is 0 Å². The Labute approximate surface area is 202 Å². The number of nitrogens with zero attached hydrogens (tertiary/aromatic N) is 2. The lowest BCUT2D eigenvalue weighted by Gasteiger charge is -2.21. The van der Waals surface area contributed by atoms with Gasteiger partial charge in [-0.3, -0.25) is 9.36 Å². The van der Waals surface area contributed by atoms with E-state index in [1.807, 2.05) is 0 Å². The Morgan fingerprint density at radius 3 is 2.53 bits per heavy atom. The van der Waals surface area contributed by atoms with Crippen molar-refractivity contribution in [3.05, 3.63) is 88.1 Å². The lowest BCUT2D eigenvalue weighted by Crippen LogP contribution is -2.20. The van der Waals surface area contributed by atoms with Gasteiger partial charge in [-0.05, 0) is 55.0 Å². The highest BCUT2D eigenvalue weighted by Crippen LogP contribution is 2.36. The quantitative estimate of drug-likeness (QED) is 0.305. The molecule has 2 N–H and O–H groups in total. The Bertz CT molecular complexity index is 1420. The van der Waals surface area contributed by atoms with E-state index >= 15 is 0 Å². The van der Waals surface area contributed by atoms with E-state index in [2.05, 4.69) is 15.6 Å². The lowest BCUT2D eigenvalue weighted by atomic mass is 10.1. The fourth-order valence-corrected chi connectivity index (χ4v) is 3.70. The van der Waals surface area contributed by atoms with E-state index in [4.69, 9.17) is 4.74 Å². The van der Waals surface area contributed by atoms with Crippen molar-refractivity contribution in [3.63, 3.8) is 0 Å². The van der Waals surface area contributed by atoms with Gasteiger partial charge in [0.2, 0.25) is 0 Å². The Kier molecular flexibility index (Phi) is 7.20. The van der Waals surface area contributed by atoms with Crippen LogP contribution in [-0.4, -0.2) is 29.8 Å². The van der Waals surface area contributed by atoms with Crippen molar-refractivity contribution in [3.8, 4) is 0 Å². The molecule has 2 heterocycles. The summed E-state index contributed by atoms with van der Waals surface area (Å²) >= 11 is 0. The van der Waals surface area contributed by atoms with Crippen molar-refractivity contribution >= 4 is 34.1 Å². The molecule has 0 amide bonds. The van der Waals surface area contributed by atoms with Crippen molar-refractivity contribution in [1.29, 1.82) is 0 Å². The minimum atomic E-state index is -4.86. The van der Waals surface area contributed by atoms with Gasteiger partial charge >= 0.3 is 6.18 Å². The molecular formula is C25H21F5N4O2. The molecule has 0 radical (unpaired) electrons. The van der Waals surface area contributed by atoms with Crippen LogP contribution in [0.3, 0.4) is 0 Å². The smallest absolute Gasteiger partial charge is 0.383 e. The number of fused-ring (bicyclic) bond motifs is 1. The highest BCUT2D eigenvalue weighted by molar-refractivity contribution is 5.88. The third-order valence-electron chi connectivity index (χ3n) is 5.31. The molecule has 0 fully saturated rings. The average Bonchev–Trinajstić information content (AvgIpc) is 3.04. The van der Waals surface area contributed by atoms with E-state index in [0.29, 0.717) is 5.69 Å². The van der Waals surface area contributed by atoms with Gasteiger partial charge in [0, 0.05) is 31.1 Å². The third-order valence-corrected chi connectivity index (χ3v) is 5.31. The van der Waals surface area contributed by atoms with Gasteiger partial charge in [-0.1, -0.05) is 6.08 Å². The number of nitrogens with one attached hydrogen (secondary N) is 2. The van der Waals surface area contributed by atoms with E-state index in [1.165, 1.54) is 48.1 Å². The van der Waals surface area contributed by atoms with Crippen LogP contribution in [0, 0.1) is 5.82 Å². The standard InChI is InChI=1S/C25H21F5N4O2/c1-36-12-11-31-21-13-19(25(28,29)30)23-20(35)14-22(32-17-8-5-16(27)6-9-17)34(24(23)33-21)18-4-2-3-15(26)7-10-18/h3-10,13-14,32H,2,11-12H2,1H3,(H,31,33). The molecule has 0 unspecified atom stereocenters. The fraction of sp³-hybridized carbons (Fsp3) is 0.200. The maximum Gasteiger partial charge on any atom is 0.417 e. The van der Waals surface area contributed by atoms with Crippen molar-refractivity contribution < 1.29 is 26.7 Å². The van der Waals surface area contributed by atoms with E-state index in [-0.39, 0.29) is 42.6 Å². The number of hydrogen-bond donors (Lipinski definition) is 2. The van der Waals surface area contributed by atoms with Gasteiger partial charge in [-0.2, -0.15) is 13.2 Å². The molecule has 0 saturated heterocycles. The molecular weight excluding hydrogens is 483 g/mol. The van der Waals surface area contributed by atoms with Crippen LogP contribution < -0.4 is 16.1 Å². The van der Waals surface area contributed by atoms with Crippen LogP contribution in [0.2, 0.25) is 0 Å². The first-order valence-corrected chi connectivity index (χ1v) is 10.8. The molecule has 1 aromatic carbocycles. The molecule has 2 aromatic heterocycles. The zero-order valence-corrected chi connectivity index (χ0v) is 19.0. The van der Waals surface area contributed by atoms with Gasteiger partial charge in [-0.25, -0.2) is 13.8 Å². The molecule has 11 heteroatoms. The first kappa shape index (κ1) is 25.1. The number of anilines is 3. The predicted octanol–water partition coefficient (Wildman–Crippen LogP) is 6.01. The van der Waals surface area contributed by atoms with E-state index in [9.17, 15) is 26.7 Å². The maximum absolute atomic E-state index is 14.1. The summed E-state index contributed by atoms with van der Waals surface area (Å²) in [4.78, 5) is 17.4. The summed E-state index contributed by atoms with van der Waals surface area (Å²) in [7, 11) is 1.44. The van der Waals surface area contributed by atoms with Crippen LogP contribution in [0.4, 0.5) is 39.3 Å². The summed E-state index contributed by atoms with van der Waals surface area (Å²) < 4.78 is 75.8. The zero-order valence-electron chi connectivity index (χ0n) is 19.0. The predicted molar refractivity (Wildman–Crippen MR) is 128 cm³/mol. The lowest BCUT2D eigenvalue weighted by molar-refractivity contribution is -0.136. The molecule has 0 bridgehead atoms. The molecule has 36 heavy (non-hydrogen) atoms. The number of pyridine rings is 2. The zero-order chi connectivity index (χ0) is 25.9. The van der Waals surface area contributed by atoms with Gasteiger partial charge < -0.3 is 15.4 Å². The monoisotopic (exact) mass is 504 g/mol. The van der Waals surface area contributed by atoms with Crippen LogP contribution in [0.15, 0.2) is 71.3 Å². The van der Waals surface area contributed by atoms with Crippen molar-refractivity contribution in [1.82, 2.24) is 9.55 Å². The number of halogens is 5. The highest BCUT2D eigenvalue weighted by atomic mass is 19.4. The van der Waals surface area contributed by atoms with Gasteiger partial charge in [0.05, 0.1) is 17.6 Å². The molecule has 0 atom stereocenters. The number of hydrogen-bond acceptors (Lipinski definition) is 5. The van der Waals surface area contributed by atoms with Crippen LogP contribution >= 0.6 is 0 Å². The number of methoxy groups -OCH3 is 1. The minimum absolute atomic E-state index is 0.0620. The molecule has 1 aliphatic carbocycles. The summed E-state index contributed by atoms with van der Waals surface area (Å²) in [6.45, 7) is 0.376. The van der Waals surface area contributed by atoms with E-state index in [0.717, 1.165) is 18.2 Å². The van der Waals surface area contributed by atoms with Crippen LogP contribution in [0.5, 0.6) is 0 Å². The second kappa shape index (κ2) is 10.3. The van der Waals surface area contributed by atoms with Crippen molar-refractivity contribution in [2.24, 2.45) is 0 Å². The van der Waals surface area contributed by atoms with Crippen molar-refractivity contribution in [2.75, 3.05) is 30.9 Å². The van der Waals surface area contributed by atoms with E-state index < -0.39 is 34.2 Å². The summed E-state index contributed by atoms with van der Waals surface area (Å²) in [5, 5.41) is 5.07. The van der Waals surface area contributed by atoms with Gasteiger partial charge in [-0.15, -0.1) is 0 Å². The second-order valence-corrected chi connectivity index (χ2v) is 7.82. The van der Waals surface area contributed by atoms with Crippen molar-refractivity contribution in [2.45, 2.75) is 12.6 Å². The summed E-state index contributed by atoms with van der Waals surface area (Å²) in [6.07, 6.45) is 0.712. The van der Waals surface area contributed by atoms with Crippen LogP contribution in [0.25, 0.3) is 16.7 Å². The molecule has 6 nitrogen and oxygen atoms in total. The average molecular weight is 504 g/mol. The normalized spacial score (nSPS) is 13.8. The summed E-state index contributed by atoms with van der Waals surface area (Å²) in [5.74, 6) is -1.07. The molecule has 0 aliphatic heterocycles. The SMILES string of the molecule is COCCNc1cc(C(F)(F)F)c2c(=O)cc(Nc3ccc(F)cc3)n(C3=CCC=C(F)C=C3)c2n1. The second-order valence-electron chi connectivity index (χ2n) is 7.82. The number of aromatic nitrogens is 2. The molecule has 4 rings (SSSR count). The summed E-state index contributed by atoms with van der Waals surface area (Å²) in [5.41, 5.74) is -1.72. The van der Waals surface area contributed by atoms with Crippen LogP contribution in [-0.2, 0) is 10.9 Å². The Morgan fingerprint density at radius 1 is 1.08 bits per heavy atom. The topological polar surface area (TPSA) is 68.2 Å². The number of allylic oxidation sites excluding steroid dienone is 6. The maximum atomic E-state index is 14.1. The number of benzene rings is 1. The largest absolute Gasteiger partial charge is 0.417 e. The Hall–Kier alpha value is -3.99. The number of ether oxygens (including phenoxy) is 1. The highest BCUT2D eigenvalue weighted by Gasteiger charge is 2.35. The number of rotatable bonds is 7. The van der Waals surface area contributed by atoms with E-state index in [1.54, 1.807) is 6.08 Å². The number of alkyl halides is 3. The van der Waals surface area contributed by atoms with Gasteiger partial charge in [0.15, 0.2) is 11.1 Å². The Balaban J connectivity index is 2.02. The molecule has 188 valence electrons. The molecule has 3 aromatic rings. The first-order chi connectivity index (χ1) is 17.2. The molecule has 0 saturated carbocycles. The first-order valence-electron chi connectivity index (χ1n) is 10.8. The summed E-state index contributed by atoms with van der Waals surface area (Å²) in [6, 6.07) is 6.97. The molecule has 1 aliphatic rings. The minimum Gasteiger partial charge on any atom is -0.383 e. The fourth-order valence-electron chi connectivity index (χ4n) is 3.70. The third kappa shape index (κ3) is 5.46. The molecule has 0 spiro atoms.